The first-order valence-corrected chi connectivity index (χ1v) is 8.31. The van der Waals surface area contributed by atoms with Crippen LogP contribution in [0, 0.1) is 0 Å². The van der Waals surface area contributed by atoms with Gasteiger partial charge in [-0.1, -0.05) is 54.6 Å². The summed E-state index contributed by atoms with van der Waals surface area (Å²) in [6.07, 6.45) is 0. The topological polar surface area (TPSA) is 67.0 Å². The van der Waals surface area contributed by atoms with Crippen molar-refractivity contribution in [3.8, 4) is 5.75 Å². The molecule has 4 rings (SSSR count). The Hall–Kier alpha value is -3.60. The van der Waals surface area contributed by atoms with Crippen molar-refractivity contribution >= 4 is 22.9 Å². The highest BCUT2D eigenvalue weighted by Gasteiger charge is 2.14. The number of carbonyl (C=O) groups excluding carboxylic acids is 1. The molecule has 3 aromatic carbocycles. The summed E-state index contributed by atoms with van der Waals surface area (Å²) in [5, 5.41) is 2.80. The maximum atomic E-state index is 12.7. The Morgan fingerprint density at radius 3 is 2.50 bits per heavy atom. The molecule has 1 aromatic heterocycles. The monoisotopic (exact) mass is 343 g/mol. The Morgan fingerprint density at radius 1 is 0.923 bits per heavy atom. The van der Waals surface area contributed by atoms with E-state index >= 15 is 0 Å². The van der Waals surface area contributed by atoms with Crippen molar-refractivity contribution in [2.24, 2.45) is 0 Å². The molecule has 0 fully saturated rings. The zero-order chi connectivity index (χ0) is 17.8. The average molecular weight is 343 g/mol. The van der Waals surface area contributed by atoms with E-state index in [1.54, 1.807) is 12.1 Å². The van der Waals surface area contributed by atoms with Gasteiger partial charge in [0.05, 0.1) is 16.6 Å². The number of benzene rings is 3. The van der Waals surface area contributed by atoms with Crippen LogP contribution in [0.2, 0.25) is 0 Å². The van der Waals surface area contributed by atoms with Crippen molar-refractivity contribution in [2.75, 3.05) is 5.32 Å². The summed E-state index contributed by atoms with van der Waals surface area (Å²) in [5.41, 5.74) is 3.18. The summed E-state index contributed by atoms with van der Waals surface area (Å²) in [5.74, 6) is 0.673. The lowest BCUT2D eigenvalue weighted by atomic mass is 10.2. The highest BCUT2D eigenvalue weighted by molar-refractivity contribution is 6.05. The molecule has 0 saturated carbocycles. The fraction of sp³-hybridized carbons (Fsp3) is 0.0476. The second-order valence-corrected chi connectivity index (χ2v) is 5.83. The molecule has 1 heterocycles. The van der Waals surface area contributed by atoms with E-state index in [0.717, 1.165) is 16.6 Å². The predicted octanol–water partition coefficient (Wildman–Crippen LogP) is 4.39. The number of aromatic amines is 1. The van der Waals surface area contributed by atoms with Crippen molar-refractivity contribution < 1.29 is 9.53 Å². The first-order valence-electron chi connectivity index (χ1n) is 8.31. The molecular formula is C21H17N3O2. The van der Waals surface area contributed by atoms with Crippen LogP contribution in [0.1, 0.15) is 15.9 Å². The molecule has 0 saturated heterocycles. The van der Waals surface area contributed by atoms with Gasteiger partial charge in [0.2, 0.25) is 5.95 Å². The molecule has 0 unspecified atom stereocenters. The number of H-pyrrole nitrogens is 1. The Bertz CT molecular complexity index is 1010. The lowest BCUT2D eigenvalue weighted by molar-refractivity contribution is 0.102. The van der Waals surface area contributed by atoms with Gasteiger partial charge in [0.15, 0.2) is 0 Å². The maximum absolute atomic E-state index is 12.7. The van der Waals surface area contributed by atoms with Crippen LogP contribution in [-0.2, 0) is 6.61 Å². The zero-order valence-corrected chi connectivity index (χ0v) is 14.0. The first kappa shape index (κ1) is 15.9. The van der Waals surface area contributed by atoms with Crippen LogP contribution >= 0.6 is 0 Å². The maximum Gasteiger partial charge on any atom is 0.261 e. The Labute approximate surface area is 150 Å². The fourth-order valence-corrected chi connectivity index (χ4v) is 2.70. The molecule has 5 nitrogen and oxygen atoms in total. The highest BCUT2D eigenvalue weighted by Crippen LogP contribution is 2.21. The van der Waals surface area contributed by atoms with Gasteiger partial charge in [-0.3, -0.25) is 10.1 Å². The minimum atomic E-state index is -0.271. The number of carbonyl (C=O) groups is 1. The second-order valence-electron chi connectivity index (χ2n) is 5.83. The first-order chi connectivity index (χ1) is 12.8. The lowest BCUT2D eigenvalue weighted by Gasteiger charge is -2.11. The van der Waals surface area contributed by atoms with Crippen LogP contribution in [0.15, 0.2) is 78.9 Å². The van der Waals surface area contributed by atoms with E-state index < -0.39 is 0 Å². The van der Waals surface area contributed by atoms with Gasteiger partial charge >= 0.3 is 0 Å². The van der Waals surface area contributed by atoms with Gasteiger partial charge in [-0.2, -0.15) is 0 Å². The van der Waals surface area contributed by atoms with Crippen LogP contribution in [0.25, 0.3) is 11.0 Å². The van der Waals surface area contributed by atoms with Crippen molar-refractivity contribution in [1.82, 2.24) is 9.97 Å². The highest BCUT2D eigenvalue weighted by atomic mass is 16.5. The fourth-order valence-electron chi connectivity index (χ4n) is 2.70. The summed E-state index contributed by atoms with van der Waals surface area (Å²) in [6.45, 7) is 0.399. The normalized spacial score (nSPS) is 10.6. The van der Waals surface area contributed by atoms with Crippen LogP contribution in [0.4, 0.5) is 5.95 Å². The number of fused-ring (bicyclic) bond motifs is 1. The smallest absolute Gasteiger partial charge is 0.261 e. The third-order valence-electron chi connectivity index (χ3n) is 3.99. The molecule has 5 heteroatoms. The number of nitrogens with one attached hydrogen (secondary N) is 2. The Kier molecular flexibility index (Phi) is 4.35. The minimum absolute atomic E-state index is 0.271. The summed E-state index contributed by atoms with van der Waals surface area (Å²) in [4.78, 5) is 20.1. The molecule has 0 bridgehead atoms. The SMILES string of the molecule is O=C(Nc1nc2ccccc2[nH]1)c1ccccc1OCc1ccccc1. The number of aromatic nitrogens is 2. The number of amides is 1. The molecule has 0 atom stereocenters. The second kappa shape index (κ2) is 7.11. The van der Waals surface area contributed by atoms with Crippen LogP contribution in [-0.4, -0.2) is 15.9 Å². The summed E-state index contributed by atoms with van der Waals surface area (Å²) in [6, 6.07) is 24.6. The van der Waals surface area contributed by atoms with E-state index in [0.29, 0.717) is 23.9 Å². The number of rotatable bonds is 5. The van der Waals surface area contributed by atoms with Crippen molar-refractivity contribution in [3.05, 3.63) is 90.0 Å². The predicted molar refractivity (Wildman–Crippen MR) is 101 cm³/mol. The van der Waals surface area contributed by atoms with Crippen LogP contribution < -0.4 is 10.1 Å². The third kappa shape index (κ3) is 3.42. The van der Waals surface area contributed by atoms with Gasteiger partial charge in [-0.05, 0) is 29.8 Å². The third-order valence-corrected chi connectivity index (χ3v) is 3.99. The van der Waals surface area contributed by atoms with Gasteiger partial charge in [0.1, 0.15) is 12.4 Å². The van der Waals surface area contributed by atoms with Crippen molar-refractivity contribution in [3.63, 3.8) is 0 Å². The molecule has 0 radical (unpaired) electrons. The van der Waals surface area contributed by atoms with E-state index in [9.17, 15) is 4.79 Å². The van der Waals surface area contributed by atoms with Gasteiger partial charge in [0.25, 0.3) is 5.91 Å². The number of hydrogen-bond donors (Lipinski definition) is 2. The van der Waals surface area contributed by atoms with Crippen molar-refractivity contribution in [1.29, 1.82) is 0 Å². The van der Waals surface area contributed by atoms with Gasteiger partial charge in [-0.25, -0.2) is 4.98 Å². The van der Waals surface area contributed by atoms with E-state index in [1.807, 2.05) is 66.7 Å². The number of imidazole rings is 1. The molecule has 0 aliphatic heterocycles. The summed E-state index contributed by atoms with van der Waals surface area (Å²) in [7, 11) is 0. The Morgan fingerprint density at radius 2 is 1.65 bits per heavy atom. The standard InChI is InChI=1S/C21H17N3O2/c25-20(24-21-22-17-11-5-6-12-18(17)23-21)16-10-4-7-13-19(16)26-14-15-8-2-1-3-9-15/h1-13H,14H2,(H2,22,23,24,25). The average Bonchev–Trinajstić information content (AvgIpc) is 3.09. The van der Waals surface area contributed by atoms with E-state index in [-0.39, 0.29) is 5.91 Å². The summed E-state index contributed by atoms with van der Waals surface area (Å²) < 4.78 is 5.85. The number of para-hydroxylation sites is 3. The molecular weight excluding hydrogens is 326 g/mol. The number of ether oxygens (including phenoxy) is 1. The van der Waals surface area contributed by atoms with Gasteiger partial charge in [-0.15, -0.1) is 0 Å². The molecule has 26 heavy (non-hydrogen) atoms. The largest absolute Gasteiger partial charge is 0.488 e. The number of hydrogen-bond acceptors (Lipinski definition) is 3. The quantitative estimate of drug-likeness (QED) is 0.564. The number of nitrogens with zero attached hydrogens (tertiary/aromatic N) is 1. The zero-order valence-electron chi connectivity index (χ0n) is 14.0. The minimum Gasteiger partial charge on any atom is -0.488 e. The van der Waals surface area contributed by atoms with Crippen LogP contribution in [0.5, 0.6) is 5.75 Å². The molecule has 0 aliphatic rings. The molecule has 1 amide bonds. The van der Waals surface area contributed by atoms with E-state index in [4.69, 9.17) is 4.74 Å². The molecule has 0 spiro atoms. The van der Waals surface area contributed by atoms with E-state index in [2.05, 4.69) is 15.3 Å². The van der Waals surface area contributed by atoms with Gasteiger partial charge < -0.3 is 9.72 Å². The molecule has 2 N–H and O–H groups in total. The Balaban J connectivity index is 1.52. The lowest BCUT2D eigenvalue weighted by Crippen LogP contribution is -2.14. The van der Waals surface area contributed by atoms with Crippen molar-refractivity contribution in [2.45, 2.75) is 6.61 Å². The number of anilines is 1. The van der Waals surface area contributed by atoms with Crippen LogP contribution in [0.3, 0.4) is 0 Å². The van der Waals surface area contributed by atoms with Gasteiger partial charge in [0, 0.05) is 0 Å². The molecule has 128 valence electrons. The molecule has 4 aromatic rings. The summed E-state index contributed by atoms with van der Waals surface area (Å²) >= 11 is 0. The van der Waals surface area contributed by atoms with E-state index in [1.165, 1.54) is 0 Å². The molecule has 0 aliphatic carbocycles.